The number of aliphatic hydroxyl groups is 2. The molecule has 0 saturated carbocycles. The van der Waals surface area contributed by atoms with Gasteiger partial charge in [-0.2, -0.15) is 0 Å². The molecule has 1 fully saturated rings. The first-order valence-electron chi connectivity index (χ1n) is 10.6. The quantitative estimate of drug-likeness (QED) is 0.499. The molecule has 1 aliphatic rings. The third-order valence-corrected chi connectivity index (χ3v) is 5.73. The Morgan fingerprint density at radius 3 is 2.58 bits per heavy atom. The van der Waals surface area contributed by atoms with Crippen LogP contribution in [0.15, 0.2) is 48.5 Å². The molecule has 0 radical (unpaired) electrons. The molecular weight excluding hydrogens is 429 g/mol. The number of nitrogens with zero attached hydrogens (tertiary/aromatic N) is 3. The minimum Gasteiger partial charge on any atom is -0.478 e. The fraction of sp³-hybridized carbons (Fsp3) is 0.292. The van der Waals surface area contributed by atoms with Crippen molar-refractivity contribution in [1.29, 1.82) is 0 Å². The van der Waals surface area contributed by atoms with E-state index >= 15 is 0 Å². The van der Waals surface area contributed by atoms with Gasteiger partial charge in [0.1, 0.15) is 5.82 Å². The molecular formula is C24H24FN3O5. The molecule has 9 heteroatoms. The van der Waals surface area contributed by atoms with Gasteiger partial charge in [-0.15, -0.1) is 0 Å². The molecule has 0 aliphatic carbocycles. The van der Waals surface area contributed by atoms with Crippen molar-refractivity contribution in [3.8, 4) is 11.3 Å². The Morgan fingerprint density at radius 1 is 1.15 bits per heavy atom. The van der Waals surface area contributed by atoms with Crippen LogP contribution in [0.4, 0.5) is 4.39 Å². The molecule has 2 aromatic carbocycles. The molecule has 2 heterocycles. The number of piperazine rings is 1. The molecule has 3 aromatic rings. The first-order valence-corrected chi connectivity index (χ1v) is 10.6. The van der Waals surface area contributed by atoms with E-state index in [1.807, 2.05) is 35.2 Å². The van der Waals surface area contributed by atoms with Crippen LogP contribution >= 0.6 is 0 Å². The van der Waals surface area contributed by atoms with Gasteiger partial charge in [-0.05, 0) is 18.2 Å². The van der Waals surface area contributed by atoms with E-state index in [9.17, 15) is 24.2 Å². The summed E-state index contributed by atoms with van der Waals surface area (Å²) in [5, 5.41) is 29.0. The van der Waals surface area contributed by atoms with Crippen LogP contribution in [0.2, 0.25) is 0 Å². The average Bonchev–Trinajstić information content (AvgIpc) is 2.80. The maximum Gasteiger partial charge on any atom is 0.336 e. The van der Waals surface area contributed by atoms with Crippen LogP contribution in [-0.2, 0) is 11.3 Å². The summed E-state index contributed by atoms with van der Waals surface area (Å²) in [6.45, 7) is 0.526. The number of benzene rings is 2. The number of hydrogen-bond donors (Lipinski definition) is 3. The molecule has 0 spiro atoms. The van der Waals surface area contributed by atoms with Crippen molar-refractivity contribution in [2.45, 2.75) is 12.6 Å². The summed E-state index contributed by atoms with van der Waals surface area (Å²) < 4.78 is 14.0. The van der Waals surface area contributed by atoms with E-state index in [0.717, 1.165) is 5.56 Å². The summed E-state index contributed by atoms with van der Waals surface area (Å²) in [5.74, 6) is -1.99. The predicted molar refractivity (Wildman–Crippen MR) is 119 cm³/mol. The Kier molecular flexibility index (Phi) is 6.64. The van der Waals surface area contributed by atoms with Gasteiger partial charge in [0.2, 0.25) is 5.91 Å². The third-order valence-electron chi connectivity index (χ3n) is 5.73. The van der Waals surface area contributed by atoms with E-state index < -0.39 is 24.5 Å². The zero-order valence-electron chi connectivity index (χ0n) is 17.8. The van der Waals surface area contributed by atoms with Crippen molar-refractivity contribution in [3.05, 3.63) is 65.5 Å². The maximum absolute atomic E-state index is 14.0. The van der Waals surface area contributed by atoms with Gasteiger partial charge in [0.05, 0.1) is 36.0 Å². The maximum atomic E-state index is 14.0. The number of aliphatic hydroxyl groups excluding tert-OH is 2. The first kappa shape index (κ1) is 22.8. The van der Waals surface area contributed by atoms with Gasteiger partial charge in [-0.25, -0.2) is 14.2 Å². The summed E-state index contributed by atoms with van der Waals surface area (Å²) in [7, 11) is 0. The Morgan fingerprint density at radius 2 is 1.91 bits per heavy atom. The van der Waals surface area contributed by atoms with Crippen molar-refractivity contribution in [2.24, 2.45) is 0 Å². The molecule has 3 N–H and O–H groups in total. The molecule has 1 unspecified atom stereocenters. The summed E-state index contributed by atoms with van der Waals surface area (Å²) in [6, 6.07) is 13.0. The molecule has 1 saturated heterocycles. The van der Waals surface area contributed by atoms with Crippen LogP contribution in [0.1, 0.15) is 15.9 Å². The Balaban J connectivity index is 1.75. The lowest BCUT2D eigenvalue weighted by atomic mass is 9.96. The van der Waals surface area contributed by atoms with Crippen LogP contribution in [0.25, 0.3) is 22.2 Å². The second-order valence-electron chi connectivity index (χ2n) is 8.03. The number of pyridine rings is 1. The van der Waals surface area contributed by atoms with Crippen LogP contribution in [0.3, 0.4) is 0 Å². The number of aromatic nitrogens is 1. The number of carboxylic acids is 1. The highest BCUT2D eigenvalue weighted by Gasteiger charge is 2.29. The highest BCUT2D eigenvalue weighted by atomic mass is 19.1. The van der Waals surface area contributed by atoms with Crippen LogP contribution in [0.5, 0.6) is 0 Å². The summed E-state index contributed by atoms with van der Waals surface area (Å²) in [6.07, 6.45) is -1.01. The summed E-state index contributed by atoms with van der Waals surface area (Å²) >= 11 is 0. The van der Waals surface area contributed by atoms with E-state index in [1.54, 1.807) is 0 Å². The van der Waals surface area contributed by atoms with Gasteiger partial charge in [-0.1, -0.05) is 30.3 Å². The van der Waals surface area contributed by atoms with E-state index in [4.69, 9.17) is 5.11 Å². The number of carbonyl (C=O) groups is 2. The van der Waals surface area contributed by atoms with E-state index in [2.05, 4.69) is 4.98 Å². The van der Waals surface area contributed by atoms with Crippen LogP contribution in [-0.4, -0.2) is 80.9 Å². The molecule has 1 aromatic heterocycles. The zero-order chi connectivity index (χ0) is 23.5. The molecule has 172 valence electrons. The minimum atomic E-state index is -1.20. The topological polar surface area (TPSA) is 114 Å². The number of β-amino-alcohol motifs (C(OH)–C–C–N with tert-alkyl or cyclic N) is 1. The SMILES string of the molecule is O=C(O)c1c(CN2CCN(CC(O)CO)C(=O)C2)c(-c2ccccc2)nc2ccc(F)cc12. The fourth-order valence-corrected chi connectivity index (χ4v) is 4.13. The van der Waals surface area contributed by atoms with E-state index in [0.29, 0.717) is 29.9 Å². The van der Waals surface area contributed by atoms with Gasteiger partial charge in [0.25, 0.3) is 0 Å². The van der Waals surface area contributed by atoms with Gasteiger partial charge >= 0.3 is 5.97 Å². The normalized spacial score (nSPS) is 15.7. The monoisotopic (exact) mass is 453 g/mol. The second kappa shape index (κ2) is 9.62. The largest absolute Gasteiger partial charge is 0.478 e. The predicted octanol–water partition coefficient (Wildman–Crippen LogP) is 1.74. The fourth-order valence-electron chi connectivity index (χ4n) is 4.13. The lowest BCUT2D eigenvalue weighted by Crippen LogP contribution is -2.52. The highest BCUT2D eigenvalue weighted by Crippen LogP contribution is 2.32. The molecule has 4 rings (SSSR count). The molecule has 1 atom stereocenters. The van der Waals surface area contributed by atoms with Crippen molar-refractivity contribution >= 4 is 22.8 Å². The number of carbonyl (C=O) groups excluding carboxylic acids is 1. The number of rotatable bonds is 7. The smallest absolute Gasteiger partial charge is 0.336 e. The lowest BCUT2D eigenvalue weighted by molar-refractivity contribution is -0.138. The zero-order valence-corrected chi connectivity index (χ0v) is 17.8. The Labute approximate surface area is 189 Å². The van der Waals surface area contributed by atoms with Gasteiger partial charge < -0.3 is 20.2 Å². The third kappa shape index (κ3) is 4.85. The highest BCUT2D eigenvalue weighted by molar-refractivity contribution is 6.05. The average molecular weight is 453 g/mol. The van der Waals surface area contributed by atoms with Crippen molar-refractivity contribution < 1.29 is 29.3 Å². The summed E-state index contributed by atoms with van der Waals surface area (Å²) in [4.78, 5) is 32.9. The van der Waals surface area contributed by atoms with Crippen molar-refractivity contribution in [1.82, 2.24) is 14.8 Å². The summed E-state index contributed by atoms with van der Waals surface area (Å²) in [5.41, 5.74) is 1.93. The lowest BCUT2D eigenvalue weighted by Gasteiger charge is -2.35. The van der Waals surface area contributed by atoms with Crippen LogP contribution in [0, 0.1) is 5.82 Å². The van der Waals surface area contributed by atoms with E-state index in [1.165, 1.54) is 23.1 Å². The number of aromatic carboxylic acids is 1. The van der Waals surface area contributed by atoms with Crippen molar-refractivity contribution in [3.63, 3.8) is 0 Å². The molecule has 8 nitrogen and oxygen atoms in total. The number of amides is 1. The number of hydrogen-bond acceptors (Lipinski definition) is 6. The molecule has 0 bridgehead atoms. The standard InChI is InChI=1S/C24H24FN3O5/c25-16-6-7-20-18(10-16)22(24(32)33)19(23(26-20)15-4-2-1-3-5-15)12-27-8-9-28(21(31)13-27)11-17(30)14-29/h1-7,10,17,29-30H,8-9,11-14H2,(H,32,33). The minimum absolute atomic E-state index is 0.0205. The molecule has 1 aliphatic heterocycles. The Hall–Kier alpha value is -3.40. The number of fused-ring (bicyclic) bond motifs is 1. The van der Waals surface area contributed by atoms with Crippen molar-refractivity contribution in [2.75, 3.05) is 32.8 Å². The second-order valence-corrected chi connectivity index (χ2v) is 8.03. The van der Waals surface area contributed by atoms with Crippen LogP contribution < -0.4 is 0 Å². The number of carboxylic acid groups (broad SMARTS) is 1. The van der Waals surface area contributed by atoms with Gasteiger partial charge in [0, 0.05) is 42.7 Å². The first-order chi connectivity index (χ1) is 15.9. The van der Waals surface area contributed by atoms with Gasteiger partial charge in [-0.3, -0.25) is 9.69 Å². The van der Waals surface area contributed by atoms with Gasteiger partial charge in [0.15, 0.2) is 0 Å². The molecule has 33 heavy (non-hydrogen) atoms. The Bertz CT molecular complexity index is 1190. The van der Waals surface area contributed by atoms with E-state index in [-0.39, 0.29) is 36.5 Å². The number of halogens is 1. The molecule has 1 amide bonds.